The molecule has 0 aliphatic carbocycles. The van der Waals surface area contributed by atoms with Crippen LogP contribution >= 0.6 is 12.2 Å². The lowest BCUT2D eigenvalue weighted by Gasteiger charge is -1.93. The summed E-state index contributed by atoms with van der Waals surface area (Å²) in [6.45, 7) is 0. The Morgan fingerprint density at radius 3 is 3.14 bits per heavy atom. The fourth-order valence-corrected chi connectivity index (χ4v) is 1.59. The molecule has 0 aromatic carbocycles. The van der Waals surface area contributed by atoms with Gasteiger partial charge in [-0.2, -0.15) is 14.6 Å². The maximum atomic E-state index is 11.4. The molecule has 3 heterocycles. The SMILES string of the molecule is O=c1cc2[nH][nH]c(=S)n2c2ncnn12. The van der Waals surface area contributed by atoms with Gasteiger partial charge < -0.3 is 0 Å². The van der Waals surface area contributed by atoms with Crippen LogP contribution in [0.2, 0.25) is 0 Å². The van der Waals surface area contributed by atoms with Gasteiger partial charge in [-0.25, -0.2) is 4.40 Å². The number of H-pyrrole nitrogens is 2. The molecule has 0 fully saturated rings. The van der Waals surface area contributed by atoms with E-state index in [1.165, 1.54) is 16.9 Å². The first-order chi connectivity index (χ1) is 6.77. The molecule has 14 heavy (non-hydrogen) atoms. The molecule has 0 saturated heterocycles. The maximum absolute atomic E-state index is 11.4. The minimum Gasteiger partial charge on any atom is -0.283 e. The summed E-state index contributed by atoms with van der Waals surface area (Å²) >= 11 is 5.02. The molecule has 7 nitrogen and oxygen atoms in total. The van der Waals surface area contributed by atoms with Crippen LogP contribution in [0.25, 0.3) is 11.4 Å². The molecule has 0 aliphatic rings. The zero-order valence-electron chi connectivity index (χ0n) is 6.76. The first-order valence-corrected chi connectivity index (χ1v) is 4.20. The lowest BCUT2D eigenvalue weighted by Crippen LogP contribution is -2.15. The predicted molar refractivity (Wildman–Crippen MR) is 49.7 cm³/mol. The van der Waals surface area contributed by atoms with Gasteiger partial charge in [0.15, 0.2) is 0 Å². The van der Waals surface area contributed by atoms with Crippen LogP contribution in [-0.4, -0.2) is 29.2 Å². The molecule has 0 aliphatic heterocycles. The molecule has 0 unspecified atom stereocenters. The van der Waals surface area contributed by atoms with Gasteiger partial charge in [0, 0.05) is 6.07 Å². The van der Waals surface area contributed by atoms with Gasteiger partial charge in [-0.1, -0.05) is 0 Å². The summed E-state index contributed by atoms with van der Waals surface area (Å²) < 4.78 is 3.23. The second-order valence-corrected chi connectivity index (χ2v) is 3.12. The Kier molecular flexibility index (Phi) is 1.22. The Bertz CT molecular complexity index is 730. The lowest BCUT2D eigenvalue weighted by atomic mass is 10.6. The number of nitrogens with zero attached hydrogens (tertiary/aromatic N) is 4. The van der Waals surface area contributed by atoms with Gasteiger partial charge in [0.25, 0.3) is 5.56 Å². The Balaban J connectivity index is 2.84. The number of aromatic amines is 2. The van der Waals surface area contributed by atoms with Crippen LogP contribution in [0.4, 0.5) is 0 Å². The molecule has 0 spiro atoms. The third-order valence-corrected chi connectivity index (χ3v) is 2.22. The van der Waals surface area contributed by atoms with Crippen molar-refractivity contribution in [3.63, 3.8) is 0 Å². The highest BCUT2D eigenvalue weighted by atomic mass is 32.1. The van der Waals surface area contributed by atoms with Gasteiger partial charge in [-0.3, -0.25) is 15.0 Å². The fraction of sp³-hybridized carbons (Fsp3) is 0. The minimum atomic E-state index is -0.247. The fourth-order valence-electron chi connectivity index (χ4n) is 1.36. The largest absolute Gasteiger partial charge is 0.283 e. The van der Waals surface area contributed by atoms with Crippen molar-refractivity contribution in [2.45, 2.75) is 0 Å². The van der Waals surface area contributed by atoms with Crippen molar-refractivity contribution >= 4 is 23.6 Å². The quantitative estimate of drug-likeness (QED) is 0.498. The summed E-state index contributed by atoms with van der Waals surface area (Å²) in [5, 5.41) is 9.27. The lowest BCUT2D eigenvalue weighted by molar-refractivity contribution is 0.887. The van der Waals surface area contributed by atoms with Gasteiger partial charge in [-0.15, -0.1) is 0 Å². The number of fused-ring (bicyclic) bond motifs is 3. The van der Waals surface area contributed by atoms with E-state index in [2.05, 4.69) is 20.3 Å². The van der Waals surface area contributed by atoms with Crippen LogP contribution in [0, 0.1) is 4.77 Å². The second kappa shape index (κ2) is 2.29. The summed E-state index contributed by atoms with van der Waals surface area (Å²) in [5.41, 5.74) is 0.322. The Labute approximate surface area is 81.0 Å². The topological polar surface area (TPSA) is 83.2 Å². The summed E-state index contributed by atoms with van der Waals surface area (Å²) in [6, 6.07) is 1.40. The Morgan fingerprint density at radius 1 is 1.43 bits per heavy atom. The number of hydrogen-bond acceptors (Lipinski definition) is 4. The van der Waals surface area contributed by atoms with E-state index in [0.717, 1.165) is 0 Å². The van der Waals surface area contributed by atoms with Crippen LogP contribution in [0.15, 0.2) is 17.2 Å². The van der Waals surface area contributed by atoms with Crippen molar-refractivity contribution in [1.82, 2.24) is 29.2 Å². The van der Waals surface area contributed by atoms with Crippen LogP contribution < -0.4 is 5.56 Å². The van der Waals surface area contributed by atoms with Gasteiger partial charge >= 0.3 is 0 Å². The number of aromatic nitrogens is 6. The van der Waals surface area contributed by atoms with Gasteiger partial charge in [0.05, 0.1) is 0 Å². The smallest absolute Gasteiger partial charge is 0.277 e. The first kappa shape index (κ1) is 7.44. The minimum absolute atomic E-state index is 0.247. The summed E-state index contributed by atoms with van der Waals surface area (Å²) in [4.78, 5) is 15.4. The number of rotatable bonds is 0. The van der Waals surface area contributed by atoms with E-state index in [1.807, 2.05) is 0 Å². The zero-order chi connectivity index (χ0) is 9.71. The normalized spacial score (nSPS) is 11.4. The predicted octanol–water partition coefficient (Wildman–Crippen LogP) is -0.272. The maximum Gasteiger partial charge on any atom is 0.277 e. The van der Waals surface area contributed by atoms with Crippen molar-refractivity contribution in [2.75, 3.05) is 0 Å². The second-order valence-electron chi connectivity index (χ2n) is 2.73. The highest BCUT2D eigenvalue weighted by Crippen LogP contribution is 2.00. The zero-order valence-corrected chi connectivity index (χ0v) is 7.58. The molecule has 0 atom stereocenters. The van der Waals surface area contributed by atoms with Crippen LogP contribution in [-0.2, 0) is 0 Å². The van der Waals surface area contributed by atoms with Gasteiger partial charge in [0.2, 0.25) is 10.5 Å². The van der Waals surface area contributed by atoms with Crippen molar-refractivity contribution in [3.8, 4) is 0 Å². The Morgan fingerprint density at radius 2 is 2.29 bits per heavy atom. The molecule has 2 N–H and O–H groups in total. The van der Waals surface area contributed by atoms with E-state index in [9.17, 15) is 4.79 Å². The van der Waals surface area contributed by atoms with E-state index >= 15 is 0 Å². The van der Waals surface area contributed by atoms with E-state index in [4.69, 9.17) is 12.2 Å². The van der Waals surface area contributed by atoms with Crippen LogP contribution in [0.5, 0.6) is 0 Å². The van der Waals surface area contributed by atoms with E-state index < -0.39 is 0 Å². The highest BCUT2D eigenvalue weighted by molar-refractivity contribution is 7.71. The molecule has 0 saturated carbocycles. The summed E-state index contributed by atoms with van der Waals surface area (Å²) in [7, 11) is 0. The molecule has 0 bridgehead atoms. The van der Waals surface area contributed by atoms with E-state index in [-0.39, 0.29) is 5.56 Å². The highest BCUT2D eigenvalue weighted by Gasteiger charge is 2.06. The van der Waals surface area contributed by atoms with Crippen molar-refractivity contribution in [2.24, 2.45) is 0 Å². The third kappa shape index (κ3) is 0.752. The molecule has 0 amide bonds. The van der Waals surface area contributed by atoms with Crippen molar-refractivity contribution in [1.29, 1.82) is 0 Å². The summed E-state index contributed by atoms with van der Waals surface area (Å²) in [6.07, 6.45) is 1.31. The molecular weight excluding hydrogens is 204 g/mol. The average Bonchev–Trinajstić information content (AvgIpc) is 2.72. The molecule has 3 rings (SSSR count). The first-order valence-electron chi connectivity index (χ1n) is 3.79. The van der Waals surface area contributed by atoms with Gasteiger partial charge in [0.1, 0.15) is 12.0 Å². The van der Waals surface area contributed by atoms with Crippen LogP contribution in [0.3, 0.4) is 0 Å². The molecule has 3 aromatic rings. The molecular formula is C6H4N6OS. The summed E-state index contributed by atoms with van der Waals surface area (Å²) in [5.74, 6) is 0.398. The van der Waals surface area contributed by atoms with E-state index in [0.29, 0.717) is 16.2 Å². The number of nitrogens with one attached hydrogen (secondary N) is 2. The van der Waals surface area contributed by atoms with Crippen molar-refractivity contribution in [3.05, 3.63) is 27.5 Å². The average molecular weight is 208 g/mol. The molecule has 0 radical (unpaired) electrons. The monoisotopic (exact) mass is 208 g/mol. The van der Waals surface area contributed by atoms with Crippen molar-refractivity contribution < 1.29 is 0 Å². The van der Waals surface area contributed by atoms with E-state index in [1.54, 1.807) is 4.40 Å². The molecule has 70 valence electrons. The molecule has 3 aromatic heterocycles. The van der Waals surface area contributed by atoms with Gasteiger partial charge in [-0.05, 0) is 12.2 Å². The third-order valence-electron chi connectivity index (χ3n) is 1.94. The standard InChI is InChI=1S/C6H4N6OS/c13-4-1-3-9-10-6(14)11(3)5-7-2-8-12(4)5/h1-2,9H,(H,10,14). The molecule has 8 heteroatoms. The number of hydrogen-bond donors (Lipinski definition) is 2. The van der Waals surface area contributed by atoms with Crippen LogP contribution in [0.1, 0.15) is 0 Å². The Hall–Kier alpha value is -1.96.